The van der Waals surface area contributed by atoms with Crippen molar-refractivity contribution in [1.82, 2.24) is 15.4 Å². The molecule has 0 aliphatic rings. The van der Waals surface area contributed by atoms with Gasteiger partial charge in [-0.2, -0.15) is 0 Å². The maximum atomic E-state index is 11.2. The molecule has 0 saturated heterocycles. The first kappa shape index (κ1) is 26.7. The van der Waals surface area contributed by atoms with E-state index in [-0.39, 0.29) is 17.4 Å². The number of hydrogen-bond donors (Lipinski definition) is 4. The fourth-order valence-corrected chi connectivity index (χ4v) is 2.24. The van der Waals surface area contributed by atoms with Gasteiger partial charge in [0.15, 0.2) is 0 Å². The molecule has 0 fully saturated rings. The number of rotatable bonds is 6. The molecular formula is C19H36N4O2S. The Balaban J connectivity index is 0. The van der Waals surface area contributed by atoms with Crippen molar-refractivity contribution in [3.63, 3.8) is 0 Å². The Kier molecular flexibility index (Phi) is 16.1. The van der Waals surface area contributed by atoms with Crippen LogP contribution < -0.4 is 21.1 Å². The first-order valence-corrected chi connectivity index (χ1v) is 9.67. The maximum absolute atomic E-state index is 11.2. The second-order valence-electron chi connectivity index (χ2n) is 6.31. The summed E-state index contributed by atoms with van der Waals surface area (Å²) >= 11 is 1.45. The summed E-state index contributed by atoms with van der Waals surface area (Å²) in [5.74, 6) is -0.0115. The summed E-state index contributed by atoms with van der Waals surface area (Å²) in [7, 11) is 0. The first-order valence-electron chi connectivity index (χ1n) is 8.86. The van der Waals surface area contributed by atoms with E-state index in [1.165, 1.54) is 24.4 Å². The average molecular weight is 385 g/mol. The van der Waals surface area contributed by atoms with Gasteiger partial charge >= 0.3 is 0 Å². The van der Waals surface area contributed by atoms with Crippen LogP contribution in [-0.4, -0.2) is 37.0 Å². The summed E-state index contributed by atoms with van der Waals surface area (Å²) in [6, 6.07) is 8.12. The van der Waals surface area contributed by atoms with Gasteiger partial charge in [-0.05, 0) is 51.8 Å². The van der Waals surface area contributed by atoms with Crippen LogP contribution in [0.25, 0.3) is 0 Å². The lowest BCUT2D eigenvalue weighted by Crippen LogP contribution is -2.38. The highest BCUT2D eigenvalue weighted by molar-refractivity contribution is 7.97. The van der Waals surface area contributed by atoms with Crippen molar-refractivity contribution in [2.45, 2.75) is 58.9 Å². The number of benzene rings is 1. The molecule has 0 radical (unpaired) electrons. The minimum absolute atomic E-state index is 0.0255. The summed E-state index contributed by atoms with van der Waals surface area (Å²) < 4.78 is 2.99. The molecule has 0 spiro atoms. The van der Waals surface area contributed by atoms with Gasteiger partial charge in [0, 0.05) is 30.4 Å². The third-order valence-electron chi connectivity index (χ3n) is 2.46. The van der Waals surface area contributed by atoms with E-state index < -0.39 is 0 Å². The van der Waals surface area contributed by atoms with Crippen LogP contribution in [0.15, 0.2) is 29.2 Å². The van der Waals surface area contributed by atoms with Crippen LogP contribution in [0, 0.1) is 6.92 Å². The molecule has 1 rings (SSSR count). The summed E-state index contributed by atoms with van der Waals surface area (Å²) in [6.45, 7) is 14.7. The van der Waals surface area contributed by atoms with Crippen molar-refractivity contribution < 1.29 is 9.59 Å². The number of aryl methyl sites for hydroxylation is 1. The van der Waals surface area contributed by atoms with Crippen molar-refractivity contribution in [1.29, 1.82) is 0 Å². The monoisotopic (exact) mass is 384 g/mol. The Labute approximate surface area is 163 Å². The summed E-state index contributed by atoms with van der Waals surface area (Å²) in [4.78, 5) is 22.6. The zero-order valence-corrected chi connectivity index (χ0v) is 18.0. The predicted octanol–water partition coefficient (Wildman–Crippen LogP) is 2.61. The third kappa shape index (κ3) is 18.8. The Morgan fingerprint density at radius 2 is 1.65 bits per heavy atom. The highest BCUT2D eigenvalue weighted by atomic mass is 32.2. The van der Waals surface area contributed by atoms with Crippen LogP contribution >= 0.6 is 11.9 Å². The number of hydrogen-bond acceptors (Lipinski definition) is 5. The zero-order valence-electron chi connectivity index (χ0n) is 17.2. The lowest BCUT2D eigenvalue weighted by molar-refractivity contribution is -0.121. The van der Waals surface area contributed by atoms with Crippen molar-refractivity contribution in [3.05, 3.63) is 29.8 Å². The first-order chi connectivity index (χ1) is 12.1. The highest BCUT2D eigenvalue weighted by Gasteiger charge is 2.08. The Bertz CT molecular complexity index is 499. The fraction of sp³-hybridized carbons (Fsp3) is 0.579. The average Bonchev–Trinajstić information content (AvgIpc) is 2.55. The molecule has 0 saturated carbocycles. The van der Waals surface area contributed by atoms with E-state index in [2.05, 4.69) is 15.4 Å². The van der Waals surface area contributed by atoms with E-state index in [0.717, 1.165) is 4.90 Å². The number of nitrogens with two attached hydrogens (primary N) is 1. The fourth-order valence-electron chi connectivity index (χ4n) is 1.59. The smallest absolute Gasteiger partial charge is 0.234 e. The van der Waals surface area contributed by atoms with Gasteiger partial charge in [-0.3, -0.25) is 14.3 Å². The Morgan fingerprint density at radius 1 is 1.12 bits per heavy atom. The van der Waals surface area contributed by atoms with E-state index in [4.69, 9.17) is 5.73 Å². The van der Waals surface area contributed by atoms with Gasteiger partial charge in [0.25, 0.3) is 0 Å². The SMILES string of the molecule is CC.CC(=O)NC(C)(C)C.Cc1ccc(SNCC(=O)NCCN)cc1. The van der Waals surface area contributed by atoms with Crippen LogP contribution in [0.2, 0.25) is 0 Å². The molecule has 0 unspecified atom stereocenters. The third-order valence-corrected chi connectivity index (χ3v) is 3.26. The van der Waals surface area contributed by atoms with Crippen LogP contribution in [-0.2, 0) is 9.59 Å². The van der Waals surface area contributed by atoms with Gasteiger partial charge in [-0.25, -0.2) is 0 Å². The molecule has 0 bridgehead atoms. The molecule has 150 valence electrons. The minimum Gasteiger partial charge on any atom is -0.354 e. The van der Waals surface area contributed by atoms with Gasteiger partial charge in [0.1, 0.15) is 0 Å². The molecule has 6 nitrogen and oxygen atoms in total. The molecule has 1 aromatic carbocycles. The van der Waals surface area contributed by atoms with Crippen LogP contribution in [0.1, 0.15) is 47.1 Å². The van der Waals surface area contributed by atoms with Gasteiger partial charge in [-0.1, -0.05) is 31.5 Å². The van der Waals surface area contributed by atoms with Gasteiger partial charge in [-0.15, -0.1) is 0 Å². The van der Waals surface area contributed by atoms with E-state index >= 15 is 0 Å². The molecule has 7 heteroatoms. The minimum atomic E-state index is -0.0775. The quantitative estimate of drug-likeness (QED) is 0.566. The van der Waals surface area contributed by atoms with Crippen molar-refractivity contribution >= 4 is 23.8 Å². The number of carbonyl (C=O) groups excluding carboxylic acids is 2. The number of amides is 2. The molecule has 5 N–H and O–H groups in total. The summed E-state index contributed by atoms with van der Waals surface area (Å²) in [6.07, 6.45) is 0. The van der Waals surface area contributed by atoms with E-state index in [9.17, 15) is 9.59 Å². The van der Waals surface area contributed by atoms with E-state index in [1.807, 2.05) is 65.8 Å². The lowest BCUT2D eigenvalue weighted by Gasteiger charge is -2.18. The van der Waals surface area contributed by atoms with Crippen molar-refractivity contribution in [2.75, 3.05) is 19.6 Å². The molecule has 26 heavy (non-hydrogen) atoms. The largest absolute Gasteiger partial charge is 0.354 e. The zero-order chi connectivity index (χ0) is 20.6. The standard InChI is InChI=1S/C11H17N3OS.C6H13NO.C2H6/c1-9-2-4-10(5-3-9)16-14-8-11(15)13-7-6-12;1-5(8)7-6(2,3)4;1-2/h2-5,14H,6-8,12H2,1H3,(H,13,15);1-4H3,(H,7,8);1-2H3. The van der Waals surface area contributed by atoms with Crippen LogP contribution in [0.3, 0.4) is 0 Å². The van der Waals surface area contributed by atoms with Gasteiger partial charge in [0.05, 0.1) is 6.54 Å². The summed E-state index contributed by atoms with van der Waals surface area (Å²) in [5, 5.41) is 5.43. The van der Waals surface area contributed by atoms with Gasteiger partial charge in [0.2, 0.25) is 11.8 Å². The molecule has 0 heterocycles. The molecule has 2 amide bonds. The Morgan fingerprint density at radius 3 is 2.04 bits per heavy atom. The topological polar surface area (TPSA) is 96.2 Å². The molecule has 0 aliphatic heterocycles. The maximum Gasteiger partial charge on any atom is 0.234 e. The molecule has 0 atom stereocenters. The molecule has 1 aromatic rings. The molecule has 0 aromatic heterocycles. The second kappa shape index (κ2) is 15.7. The van der Waals surface area contributed by atoms with Crippen LogP contribution in [0.5, 0.6) is 0 Å². The van der Waals surface area contributed by atoms with E-state index in [0.29, 0.717) is 19.6 Å². The molecular weight excluding hydrogens is 348 g/mol. The molecule has 0 aliphatic carbocycles. The Hall–Kier alpha value is -1.57. The normalized spacial score (nSPS) is 9.85. The van der Waals surface area contributed by atoms with E-state index in [1.54, 1.807) is 0 Å². The van der Waals surface area contributed by atoms with Crippen molar-refractivity contribution in [3.8, 4) is 0 Å². The predicted molar refractivity (Wildman–Crippen MR) is 112 cm³/mol. The van der Waals surface area contributed by atoms with Crippen LogP contribution in [0.4, 0.5) is 0 Å². The number of nitrogens with one attached hydrogen (secondary N) is 3. The number of carbonyl (C=O) groups is 2. The van der Waals surface area contributed by atoms with Crippen molar-refractivity contribution in [2.24, 2.45) is 5.73 Å². The second-order valence-corrected chi connectivity index (χ2v) is 7.27. The summed E-state index contributed by atoms with van der Waals surface area (Å²) in [5.41, 5.74) is 6.42. The lowest BCUT2D eigenvalue weighted by atomic mass is 10.1. The van der Waals surface area contributed by atoms with Gasteiger partial charge < -0.3 is 16.4 Å². The highest BCUT2D eigenvalue weighted by Crippen LogP contribution is 2.14.